The van der Waals surface area contributed by atoms with E-state index in [0.29, 0.717) is 17.7 Å². The first kappa shape index (κ1) is 14.1. The highest BCUT2D eigenvalue weighted by atomic mass is 19.1. The number of nitrogens with one attached hydrogen (secondary N) is 1. The zero-order chi connectivity index (χ0) is 13.7. The topological polar surface area (TPSA) is 78.9 Å². The minimum atomic E-state index is -0.622. The number of nitrogens with two attached hydrogens (primary N) is 1. The van der Waals surface area contributed by atoms with Crippen molar-refractivity contribution in [2.75, 3.05) is 5.32 Å². The van der Waals surface area contributed by atoms with E-state index < -0.39 is 11.9 Å². The van der Waals surface area contributed by atoms with Crippen LogP contribution < -0.4 is 11.1 Å². The summed E-state index contributed by atoms with van der Waals surface area (Å²) in [6.45, 7) is 3.46. The van der Waals surface area contributed by atoms with Crippen molar-refractivity contribution in [1.29, 1.82) is 5.26 Å². The molecule has 0 aliphatic carbocycles. The average Bonchev–Trinajstić information content (AvgIpc) is 2.34. The van der Waals surface area contributed by atoms with Gasteiger partial charge in [0.05, 0.1) is 17.7 Å². The Bertz CT molecular complexity index is 494. The molecule has 0 aliphatic heterocycles. The molecular formula is C13H16FN3O. The molecule has 1 atom stereocenters. The van der Waals surface area contributed by atoms with Crippen LogP contribution in [0.2, 0.25) is 0 Å². The Balaban J connectivity index is 2.94. The Labute approximate surface area is 106 Å². The fourth-order valence-electron chi connectivity index (χ4n) is 1.54. The van der Waals surface area contributed by atoms with E-state index in [1.165, 1.54) is 13.0 Å². The predicted octanol–water partition coefficient (Wildman–Crippen LogP) is 2.07. The Kier molecular flexibility index (Phi) is 4.81. The van der Waals surface area contributed by atoms with Gasteiger partial charge in [-0.15, -0.1) is 0 Å². The van der Waals surface area contributed by atoms with Gasteiger partial charge in [-0.2, -0.15) is 5.26 Å². The number of rotatable bonds is 4. The van der Waals surface area contributed by atoms with Crippen LogP contribution in [-0.2, 0) is 4.79 Å². The fraction of sp³-hybridized carbons (Fsp3) is 0.385. The SMILES string of the molecule is CCC[C@@H](N)C(=O)Nc1cc(C#N)cc(F)c1C. The maximum atomic E-state index is 13.5. The molecule has 3 N–H and O–H groups in total. The van der Waals surface area contributed by atoms with Crippen LogP contribution in [0, 0.1) is 24.1 Å². The van der Waals surface area contributed by atoms with Crippen molar-refractivity contribution < 1.29 is 9.18 Å². The summed E-state index contributed by atoms with van der Waals surface area (Å²) in [5.41, 5.74) is 6.42. The molecule has 0 radical (unpaired) electrons. The molecule has 1 amide bonds. The summed E-state index contributed by atoms with van der Waals surface area (Å²) < 4.78 is 13.5. The molecule has 0 aromatic heterocycles. The molecule has 0 saturated carbocycles. The third-order valence-corrected chi connectivity index (χ3v) is 2.67. The summed E-state index contributed by atoms with van der Waals surface area (Å²) in [4.78, 5) is 11.7. The number of hydrogen-bond acceptors (Lipinski definition) is 3. The molecule has 0 saturated heterocycles. The standard InChI is InChI=1S/C13H16FN3O/c1-3-4-11(16)13(18)17-12-6-9(7-15)5-10(14)8(12)2/h5-6,11H,3-4,16H2,1-2H3,(H,17,18)/t11-/m1/s1. The van der Waals surface area contributed by atoms with Crippen molar-refractivity contribution in [2.45, 2.75) is 32.7 Å². The van der Waals surface area contributed by atoms with Gasteiger partial charge in [-0.3, -0.25) is 4.79 Å². The van der Waals surface area contributed by atoms with Crippen LogP contribution in [-0.4, -0.2) is 11.9 Å². The minimum Gasteiger partial charge on any atom is -0.324 e. The van der Waals surface area contributed by atoms with E-state index in [0.717, 1.165) is 12.5 Å². The second-order valence-corrected chi connectivity index (χ2v) is 4.13. The maximum absolute atomic E-state index is 13.5. The van der Waals surface area contributed by atoms with E-state index >= 15 is 0 Å². The number of nitrogens with zero attached hydrogens (tertiary/aromatic N) is 1. The molecule has 5 heteroatoms. The molecule has 1 aromatic carbocycles. The molecule has 0 aliphatic rings. The highest BCUT2D eigenvalue weighted by molar-refractivity contribution is 5.95. The molecule has 1 aromatic rings. The molecule has 18 heavy (non-hydrogen) atoms. The summed E-state index contributed by atoms with van der Waals surface area (Å²) >= 11 is 0. The van der Waals surface area contributed by atoms with Crippen LogP contribution in [0.25, 0.3) is 0 Å². The Morgan fingerprint density at radius 1 is 1.61 bits per heavy atom. The lowest BCUT2D eigenvalue weighted by molar-refractivity contribution is -0.117. The first-order chi connectivity index (χ1) is 8.49. The lowest BCUT2D eigenvalue weighted by atomic mass is 10.1. The molecule has 0 fully saturated rings. The van der Waals surface area contributed by atoms with Crippen LogP contribution in [0.5, 0.6) is 0 Å². The van der Waals surface area contributed by atoms with Crippen molar-refractivity contribution in [1.82, 2.24) is 0 Å². The third kappa shape index (κ3) is 3.28. The number of carbonyl (C=O) groups is 1. The normalized spacial score (nSPS) is 11.7. The smallest absolute Gasteiger partial charge is 0.241 e. The largest absolute Gasteiger partial charge is 0.324 e. The van der Waals surface area contributed by atoms with Crippen LogP contribution in [0.15, 0.2) is 12.1 Å². The molecule has 0 spiro atoms. The van der Waals surface area contributed by atoms with Gasteiger partial charge in [-0.25, -0.2) is 4.39 Å². The Morgan fingerprint density at radius 2 is 2.28 bits per heavy atom. The molecule has 0 bridgehead atoms. The summed E-state index contributed by atoms with van der Waals surface area (Å²) in [7, 11) is 0. The monoisotopic (exact) mass is 249 g/mol. The summed E-state index contributed by atoms with van der Waals surface area (Å²) in [6, 6.07) is 3.79. The van der Waals surface area contributed by atoms with Gasteiger partial charge in [0.25, 0.3) is 0 Å². The fourth-order valence-corrected chi connectivity index (χ4v) is 1.54. The van der Waals surface area contributed by atoms with E-state index in [4.69, 9.17) is 11.0 Å². The van der Waals surface area contributed by atoms with Crippen molar-refractivity contribution >= 4 is 11.6 Å². The minimum absolute atomic E-state index is 0.164. The Morgan fingerprint density at radius 3 is 2.83 bits per heavy atom. The van der Waals surface area contributed by atoms with Crippen LogP contribution >= 0.6 is 0 Å². The quantitative estimate of drug-likeness (QED) is 0.857. The van der Waals surface area contributed by atoms with Crippen molar-refractivity contribution in [2.24, 2.45) is 5.73 Å². The van der Waals surface area contributed by atoms with Gasteiger partial charge >= 0.3 is 0 Å². The first-order valence-electron chi connectivity index (χ1n) is 5.76. The second-order valence-electron chi connectivity index (χ2n) is 4.13. The van der Waals surface area contributed by atoms with E-state index in [9.17, 15) is 9.18 Å². The predicted molar refractivity (Wildman–Crippen MR) is 67.4 cm³/mol. The van der Waals surface area contributed by atoms with Crippen molar-refractivity contribution in [3.63, 3.8) is 0 Å². The van der Waals surface area contributed by atoms with Gasteiger partial charge in [-0.1, -0.05) is 13.3 Å². The number of halogens is 1. The van der Waals surface area contributed by atoms with Gasteiger partial charge in [0, 0.05) is 11.3 Å². The van der Waals surface area contributed by atoms with Crippen molar-refractivity contribution in [3.8, 4) is 6.07 Å². The van der Waals surface area contributed by atoms with E-state index in [1.54, 1.807) is 0 Å². The highest BCUT2D eigenvalue weighted by Crippen LogP contribution is 2.20. The summed E-state index contributed by atoms with van der Waals surface area (Å²) in [5, 5.41) is 11.3. The molecule has 1 rings (SSSR count). The summed E-state index contributed by atoms with van der Waals surface area (Å²) in [6.07, 6.45) is 1.35. The number of nitriles is 1. The van der Waals surface area contributed by atoms with Crippen LogP contribution in [0.1, 0.15) is 30.9 Å². The number of carbonyl (C=O) groups excluding carboxylic acids is 1. The van der Waals surface area contributed by atoms with Crippen LogP contribution in [0.4, 0.5) is 10.1 Å². The lowest BCUT2D eigenvalue weighted by Crippen LogP contribution is -2.35. The van der Waals surface area contributed by atoms with Gasteiger partial charge in [-0.05, 0) is 25.5 Å². The molecule has 0 heterocycles. The highest BCUT2D eigenvalue weighted by Gasteiger charge is 2.15. The van der Waals surface area contributed by atoms with Crippen LogP contribution in [0.3, 0.4) is 0 Å². The number of hydrogen-bond donors (Lipinski definition) is 2. The molecule has 4 nitrogen and oxygen atoms in total. The molecule has 0 unspecified atom stereocenters. The van der Waals surface area contributed by atoms with E-state index in [-0.39, 0.29) is 11.5 Å². The maximum Gasteiger partial charge on any atom is 0.241 e. The Hall–Kier alpha value is -1.93. The zero-order valence-corrected chi connectivity index (χ0v) is 10.5. The lowest BCUT2D eigenvalue weighted by Gasteiger charge is -2.13. The number of benzene rings is 1. The van der Waals surface area contributed by atoms with Crippen molar-refractivity contribution in [3.05, 3.63) is 29.1 Å². The zero-order valence-electron chi connectivity index (χ0n) is 10.5. The molecular weight excluding hydrogens is 233 g/mol. The number of anilines is 1. The van der Waals surface area contributed by atoms with Gasteiger partial charge in [0.2, 0.25) is 5.91 Å². The van der Waals surface area contributed by atoms with E-state index in [1.807, 2.05) is 13.0 Å². The summed E-state index contributed by atoms with van der Waals surface area (Å²) in [5.74, 6) is -0.886. The van der Waals surface area contributed by atoms with E-state index in [2.05, 4.69) is 5.32 Å². The average molecular weight is 249 g/mol. The second kappa shape index (κ2) is 6.12. The van der Waals surface area contributed by atoms with Gasteiger partial charge in [0.15, 0.2) is 0 Å². The number of amides is 1. The van der Waals surface area contributed by atoms with Gasteiger partial charge < -0.3 is 11.1 Å². The molecule has 96 valence electrons. The third-order valence-electron chi connectivity index (χ3n) is 2.67. The van der Waals surface area contributed by atoms with Gasteiger partial charge in [0.1, 0.15) is 5.82 Å². The first-order valence-corrected chi connectivity index (χ1v) is 5.76.